The fourth-order valence-corrected chi connectivity index (χ4v) is 8.57. The molecule has 0 aliphatic carbocycles. The number of aliphatic hydroxyl groups excluding tert-OH is 2. The van der Waals surface area contributed by atoms with E-state index in [9.17, 15) is 29.3 Å². The smallest absolute Gasteiger partial charge is 0.305 e. The molecule has 1 aliphatic rings. The second-order valence-electron chi connectivity index (χ2n) is 17.2. The predicted octanol–water partition coefficient (Wildman–Crippen LogP) is 8.24. The highest BCUT2D eigenvalue weighted by Gasteiger charge is 2.37. The van der Waals surface area contributed by atoms with Crippen molar-refractivity contribution < 1.29 is 47.5 Å². The largest absolute Gasteiger partial charge is 0.756 e. The van der Waals surface area contributed by atoms with Crippen molar-refractivity contribution in [1.29, 1.82) is 0 Å². The van der Waals surface area contributed by atoms with E-state index in [2.05, 4.69) is 49.6 Å². The monoisotopic (exact) mass is 901 g/mol. The van der Waals surface area contributed by atoms with Crippen LogP contribution < -0.4 is 16.2 Å². The number of carbonyl (C=O) groups is 1. The Morgan fingerprint density at radius 1 is 0.855 bits per heavy atom. The van der Waals surface area contributed by atoms with Crippen LogP contribution >= 0.6 is 7.82 Å². The SMILES string of the molecule is CCCCCCCCCCCCCCCC(=O)OC[C@@H](O)COP(=O)([O-])OC[C@H]1O[C@@H](n2cnc3c(=O)[nH]c(N)nc32)C[C@@H]1O.CCCC[N+](CCCC)(CCCC)CCCC. The second-order valence-corrected chi connectivity index (χ2v) is 18.6. The Morgan fingerprint density at radius 2 is 1.35 bits per heavy atom. The number of hydrogen-bond donors (Lipinski definition) is 4. The molecule has 1 saturated heterocycles. The molecule has 62 heavy (non-hydrogen) atoms. The molecule has 17 heteroatoms. The number of unbranched alkanes of at least 4 members (excludes halogenated alkanes) is 16. The average Bonchev–Trinajstić information content (AvgIpc) is 3.85. The van der Waals surface area contributed by atoms with Gasteiger partial charge in [-0.3, -0.25) is 23.7 Å². The van der Waals surface area contributed by atoms with E-state index in [1.165, 1.54) is 151 Å². The number of nitrogens with one attached hydrogen (secondary N) is 1. The summed E-state index contributed by atoms with van der Waals surface area (Å²) in [4.78, 5) is 46.5. The Kier molecular flexibility index (Phi) is 29.0. The number of quaternary nitrogens is 1. The summed E-state index contributed by atoms with van der Waals surface area (Å²) in [5.41, 5.74) is 5.24. The van der Waals surface area contributed by atoms with Crippen LogP contribution in [0.4, 0.5) is 5.95 Å². The van der Waals surface area contributed by atoms with Crippen LogP contribution in [0.15, 0.2) is 11.1 Å². The molecule has 0 aromatic carbocycles. The highest BCUT2D eigenvalue weighted by atomic mass is 31.2. The molecule has 16 nitrogen and oxygen atoms in total. The second kappa shape index (κ2) is 32.3. The van der Waals surface area contributed by atoms with Gasteiger partial charge in [-0.05, 0) is 32.1 Å². The van der Waals surface area contributed by atoms with Gasteiger partial charge in [-0.2, -0.15) is 4.98 Å². The maximum Gasteiger partial charge on any atom is 0.305 e. The number of fused-ring (bicyclic) bond motifs is 1. The Hall–Kier alpha value is -2.43. The number of nitrogens with two attached hydrogens (primary N) is 1. The van der Waals surface area contributed by atoms with Crippen molar-refractivity contribution in [2.45, 2.75) is 207 Å². The molecule has 3 rings (SSSR count). The Balaban J connectivity index is 0.000000655. The van der Waals surface area contributed by atoms with Gasteiger partial charge in [-0.15, -0.1) is 0 Å². The molecule has 5 N–H and O–H groups in total. The van der Waals surface area contributed by atoms with E-state index in [-0.39, 0.29) is 30.0 Å². The third kappa shape index (κ3) is 22.5. The van der Waals surface area contributed by atoms with Crippen LogP contribution in [0.2, 0.25) is 0 Å². The first kappa shape index (κ1) is 55.7. The quantitative estimate of drug-likeness (QED) is 0.0222. The number of anilines is 1. The lowest BCUT2D eigenvalue weighted by molar-refractivity contribution is -0.929. The number of imidazole rings is 1. The minimum Gasteiger partial charge on any atom is -0.756 e. The summed E-state index contributed by atoms with van der Waals surface area (Å²) in [6.45, 7) is 15.6. The number of aromatic nitrogens is 4. The summed E-state index contributed by atoms with van der Waals surface area (Å²) in [6.07, 6.45) is 23.9. The zero-order valence-corrected chi connectivity index (χ0v) is 40.0. The molecule has 0 radical (unpaired) electrons. The van der Waals surface area contributed by atoms with E-state index >= 15 is 0 Å². The number of nitrogen functional groups attached to an aromatic ring is 1. The zero-order chi connectivity index (χ0) is 45.6. The lowest BCUT2D eigenvalue weighted by Crippen LogP contribution is -2.50. The third-order valence-corrected chi connectivity index (χ3v) is 12.6. The molecular formula is C45H85N6O10P. The van der Waals surface area contributed by atoms with Gasteiger partial charge in [0.05, 0.1) is 51.8 Å². The Labute approximate surface area is 372 Å². The van der Waals surface area contributed by atoms with E-state index in [1.807, 2.05) is 0 Å². The molecule has 1 aliphatic heterocycles. The summed E-state index contributed by atoms with van der Waals surface area (Å²) in [5, 5.41) is 20.4. The fraction of sp³-hybridized carbons (Fsp3) is 0.867. The summed E-state index contributed by atoms with van der Waals surface area (Å²) >= 11 is 0. The number of aromatic amines is 1. The lowest BCUT2D eigenvalue weighted by Gasteiger charge is -2.39. The molecule has 0 saturated carbocycles. The summed E-state index contributed by atoms with van der Waals surface area (Å²) in [7, 11) is -4.88. The molecule has 2 aromatic rings. The molecule has 0 spiro atoms. The number of hydrogen-bond acceptors (Lipinski definition) is 13. The maximum absolute atomic E-state index is 12.2. The Morgan fingerprint density at radius 3 is 1.87 bits per heavy atom. The van der Waals surface area contributed by atoms with E-state index in [0.717, 1.165) is 19.3 Å². The van der Waals surface area contributed by atoms with Gasteiger partial charge in [0.25, 0.3) is 13.4 Å². The van der Waals surface area contributed by atoms with E-state index in [4.69, 9.17) is 24.3 Å². The molecule has 0 amide bonds. The van der Waals surface area contributed by atoms with Crippen LogP contribution in [0, 0.1) is 0 Å². The van der Waals surface area contributed by atoms with Crippen molar-refractivity contribution in [1.82, 2.24) is 19.5 Å². The number of carbonyl (C=O) groups excluding carboxylic acids is 1. The van der Waals surface area contributed by atoms with Crippen LogP contribution in [0.5, 0.6) is 0 Å². The van der Waals surface area contributed by atoms with Gasteiger partial charge in [0.15, 0.2) is 11.2 Å². The van der Waals surface area contributed by atoms with Crippen molar-refractivity contribution in [3.05, 3.63) is 16.7 Å². The topological polar surface area (TPSA) is 224 Å². The first-order valence-electron chi connectivity index (χ1n) is 24.2. The zero-order valence-electron chi connectivity index (χ0n) is 39.1. The van der Waals surface area contributed by atoms with E-state index in [0.29, 0.717) is 6.42 Å². The third-order valence-electron chi connectivity index (χ3n) is 11.7. The van der Waals surface area contributed by atoms with Crippen LogP contribution in [0.1, 0.15) is 189 Å². The van der Waals surface area contributed by atoms with Crippen LogP contribution in [-0.4, -0.2) is 104 Å². The summed E-state index contributed by atoms with van der Waals surface area (Å²) < 4.78 is 35.3. The average molecular weight is 901 g/mol. The number of esters is 1. The predicted molar refractivity (Wildman–Crippen MR) is 243 cm³/mol. The number of H-pyrrole nitrogens is 1. The van der Waals surface area contributed by atoms with Crippen molar-refractivity contribution in [2.24, 2.45) is 0 Å². The first-order valence-corrected chi connectivity index (χ1v) is 25.6. The number of phosphoric acid groups is 1. The van der Waals surface area contributed by atoms with Gasteiger partial charge in [-0.1, -0.05) is 137 Å². The van der Waals surface area contributed by atoms with Gasteiger partial charge in [-0.25, -0.2) is 4.98 Å². The lowest BCUT2D eigenvalue weighted by atomic mass is 10.0. The number of phosphoric ester groups is 1. The fourth-order valence-electron chi connectivity index (χ4n) is 7.81. The molecule has 360 valence electrons. The van der Waals surface area contributed by atoms with Gasteiger partial charge in [0, 0.05) is 12.8 Å². The molecular weight excluding hydrogens is 816 g/mol. The van der Waals surface area contributed by atoms with Crippen molar-refractivity contribution in [3.8, 4) is 0 Å². The van der Waals surface area contributed by atoms with Crippen LogP contribution in [0.3, 0.4) is 0 Å². The standard InChI is InChI=1S/C29H50N5O10P.C16H36N/c1-2-3-4-5-6-7-8-9-10-11-12-13-14-15-25(37)41-17-21(35)18-42-45(39,40)43-19-23-22(36)16-24(44-23)34-20-31-26-27(34)32-29(30)33-28(26)38;1-5-9-13-17(14-10-6-2,15-11-7-3)16-12-8-4/h20-24,35-36H,2-19H2,1H3,(H,39,40)(H3,30,32,33,38);5-16H2,1-4H3/q;+1/p-1/t21-,22+,23-,24-;/m1./s1. The van der Waals surface area contributed by atoms with E-state index in [1.54, 1.807) is 0 Å². The molecule has 1 unspecified atom stereocenters. The van der Waals surface area contributed by atoms with Gasteiger partial charge in [0.2, 0.25) is 5.95 Å². The number of nitrogens with zero attached hydrogens (tertiary/aromatic N) is 4. The molecule has 0 bridgehead atoms. The summed E-state index contributed by atoms with van der Waals surface area (Å²) in [5.74, 6) is -0.586. The van der Waals surface area contributed by atoms with Crippen molar-refractivity contribution in [2.75, 3.05) is 51.7 Å². The number of ether oxygens (including phenoxy) is 2. The number of rotatable bonds is 35. The first-order chi connectivity index (χ1) is 29.8. The van der Waals surface area contributed by atoms with Crippen molar-refractivity contribution >= 4 is 30.9 Å². The highest BCUT2D eigenvalue weighted by Crippen LogP contribution is 2.40. The van der Waals surface area contributed by atoms with Crippen LogP contribution in [-0.2, 0) is 27.9 Å². The number of aliphatic hydroxyl groups is 2. The molecule has 5 atom stereocenters. The van der Waals surface area contributed by atoms with E-state index < -0.39 is 63.7 Å². The normalized spacial score (nSPS) is 18.1. The minimum atomic E-state index is -4.88. The van der Waals surface area contributed by atoms with Gasteiger partial charge in [0.1, 0.15) is 25.0 Å². The van der Waals surface area contributed by atoms with Gasteiger partial charge < -0.3 is 43.8 Å². The minimum absolute atomic E-state index is 0.0308. The molecule has 2 aromatic heterocycles. The van der Waals surface area contributed by atoms with Crippen LogP contribution in [0.25, 0.3) is 11.2 Å². The highest BCUT2D eigenvalue weighted by molar-refractivity contribution is 7.45. The molecule has 1 fully saturated rings. The van der Waals surface area contributed by atoms with Crippen molar-refractivity contribution in [3.63, 3.8) is 0 Å². The Bertz CT molecular complexity index is 1540. The summed E-state index contributed by atoms with van der Waals surface area (Å²) in [6, 6.07) is 0. The molecule has 3 heterocycles. The maximum atomic E-state index is 12.2. The van der Waals surface area contributed by atoms with Gasteiger partial charge >= 0.3 is 5.97 Å².